The summed E-state index contributed by atoms with van der Waals surface area (Å²) in [7, 11) is 0. The average Bonchev–Trinajstić information content (AvgIpc) is 2.24. The Balaban J connectivity index is 2.38. The minimum Gasteiger partial charge on any atom is -0.301 e. The van der Waals surface area contributed by atoms with Crippen molar-refractivity contribution in [1.82, 2.24) is 5.32 Å². The molecule has 78 valence electrons. The Morgan fingerprint density at radius 3 is 2.80 bits per heavy atom. The van der Waals surface area contributed by atoms with E-state index in [-0.39, 0.29) is 11.6 Å². The molecule has 0 spiro atoms. The van der Waals surface area contributed by atoms with Gasteiger partial charge in [0, 0.05) is 12.0 Å². The van der Waals surface area contributed by atoms with Gasteiger partial charge in [-0.1, -0.05) is 31.2 Å². The van der Waals surface area contributed by atoms with E-state index in [4.69, 9.17) is 0 Å². The minimum atomic E-state index is -0.634. The van der Waals surface area contributed by atoms with E-state index in [1.165, 1.54) is 0 Å². The summed E-state index contributed by atoms with van der Waals surface area (Å²) in [6.07, 6.45) is 0.361. The van der Waals surface area contributed by atoms with E-state index in [2.05, 4.69) is 5.32 Å². The number of carbonyl (C=O) groups is 2. The predicted molar refractivity (Wildman–Crippen MR) is 56.9 cm³/mol. The second kappa shape index (κ2) is 3.95. The third-order valence-corrected chi connectivity index (χ3v) is 2.64. The van der Waals surface area contributed by atoms with Crippen LogP contribution in [0.5, 0.6) is 0 Å². The van der Waals surface area contributed by atoms with E-state index in [1.807, 2.05) is 25.1 Å². The van der Waals surface area contributed by atoms with Crippen molar-refractivity contribution in [2.45, 2.75) is 19.4 Å². The third-order valence-electron chi connectivity index (χ3n) is 2.64. The lowest BCUT2D eigenvalue weighted by molar-refractivity contribution is -0.119. The summed E-state index contributed by atoms with van der Waals surface area (Å²) in [6.45, 7) is 2.52. The van der Waals surface area contributed by atoms with E-state index in [0.29, 0.717) is 18.5 Å². The van der Waals surface area contributed by atoms with Crippen molar-refractivity contribution in [3.63, 3.8) is 0 Å². The molecule has 1 aromatic rings. The van der Waals surface area contributed by atoms with Crippen molar-refractivity contribution >= 4 is 11.6 Å². The first kappa shape index (κ1) is 10.1. The van der Waals surface area contributed by atoms with Crippen LogP contribution in [0.15, 0.2) is 24.3 Å². The van der Waals surface area contributed by atoms with E-state index < -0.39 is 6.04 Å². The van der Waals surface area contributed by atoms with Crippen LogP contribution in [-0.4, -0.2) is 24.2 Å². The number of fused-ring (bicyclic) bond motifs is 1. The maximum Gasteiger partial charge on any atom is 0.187 e. The molecule has 0 saturated heterocycles. The second-order valence-electron chi connectivity index (χ2n) is 3.66. The van der Waals surface area contributed by atoms with Gasteiger partial charge in [-0.05, 0) is 12.1 Å². The number of rotatable bonds is 2. The van der Waals surface area contributed by atoms with Crippen molar-refractivity contribution < 1.29 is 9.59 Å². The van der Waals surface area contributed by atoms with Gasteiger partial charge in [0.05, 0.1) is 0 Å². The molecule has 1 aromatic carbocycles. The number of hydrogen-bond donors (Lipinski definition) is 1. The maximum atomic E-state index is 11.9. The van der Waals surface area contributed by atoms with Crippen LogP contribution < -0.4 is 5.32 Å². The molecule has 1 unspecified atom stereocenters. The molecule has 3 heteroatoms. The van der Waals surface area contributed by atoms with Crippen molar-refractivity contribution in [2.24, 2.45) is 0 Å². The first-order valence-corrected chi connectivity index (χ1v) is 5.12. The summed E-state index contributed by atoms with van der Waals surface area (Å²) >= 11 is 0. The fraction of sp³-hybridized carbons (Fsp3) is 0.333. The highest BCUT2D eigenvalue weighted by Crippen LogP contribution is 2.18. The predicted octanol–water partition coefficient (Wildman–Crippen LogP) is 0.973. The molecule has 0 amide bonds. The molecule has 0 aliphatic heterocycles. The van der Waals surface area contributed by atoms with E-state index in [9.17, 15) is 9.59 Å². The second-order valence-corrected chi connectivity index (χ2v) is 3.66. The van der Waals surface area contributed by atoms with Gasteiger partial charge in [0.15, 0.2) is 11.6 Å². The van der Waals surface area contributed by atoms with Crippen LogP contribution in [0.4, 0.5) is 0 Å². The molecule has 1 aliphatic carbocycles. The fourth-order valence-electron chi connectivity index (χ4n) is 1.92. The van der Waals surface area contributed by atoms with Gasteiger partial charge >= 0.3 is 0 Å². The summed E-state index contributed by atoms with van der Waals surface area (Å²) in [6, 6.07) is 6.68. The highest BCUT2D eigenvalue weighted by molar-refractivity contribution is 6.18. The standard InChI is InChI=1S/C12H13NO2/c1-2-13-11-10(14)7-8-5-3-4-6-9(8)12(11)15/h3-6,11,13H,2,7H2,1H3. The van der Waals surface area contributed by atoms with Gasteiger partial charge in [-0.3, -0.25) is 9.59 Å². The number of Topliss-reactive ketones (excluding diaryl/α,β-unsaturated/α-hetero) is 2. The van der Waals surface area contributed by atoms with E-state index >= 15 is 0 Å². The Morgan fingerprint density at radius 1 is 1.33 bits per heavy atom. The highest BCUT2D eigenvalue weighted by atomic mass is 16.2. The van der Waals surface area contributed by atoms with Crippen LogP contribution >= 0.6 is 0 Å². The number of ketones is 2. The lowest BCUT2D eigenvalue weighted by Gasteiger charge is -2.22. The average molecular weight is 203 g/mol. The largest absolute Gasteiger partial charge is 0.301 e. The van der Waals surface area contributed by atoms with Gasteiger partial charge in [0.1, 0.15) is 6.04 Å². The summed E-state index contributed by atoms with van der Waals surface area (Å²) < 4.78 is 0. The number of likely N-dealkylation sites (N-methyl/N-ethyl adjacent to an activating group) is 1. The molecule has 0 aromatic heterocycles. The molecular weight excluding hydrogens is 190 g/mol. The number of benzene rings is 1. The van der Waals surface area contributed by atoms with Crippen molar-refractivity contribution in [3.05, 3.63) is 35.4 Å². The van der Waals surface area contributed by atoms with Crippen LogP contribution in [0.25, 0.3) is 0 Å². The summed E-state index contributed by atoms with van der Waals surface area (Å²) in [5.41, 5.74) is 1.53. The van der Waals surface area contributed by atoms with Gasteiger partial charge < -0.3 is 5.32 Å². The van der Waals surface area contributed by atoms with Gasteiger partial charge in [-0.25, -0.2) is 0 Å². The lowest BCUT2D eigenvalue weighted by Crippen LogP contribution is -2.47. The molecule has 3 nitrogen and oxygen atoms in total. The molecule has 1 atom stereocenters. The Morgan fingerprint density at radius 2 is 2.07 bits per heavy atom. The number of nitrogens with one attached hydrogen (secondary N) is 1. The normalized spacial score (nSPS) is 20.2. The number of hydrogen-bond acceptors (Lipinski definition) is 3. The molecule has 0 radical (unpaired) electrons. The molecule has 1 N–H and O–H groups in total. The van der Waals surface area contributed by atoms with Gasteiger partial charge in [-0.2, -0.15) is 0 Å². The lowest BCUT2D eigenvalue weighted by atomic mass is 9.86. The molecule has 0 fully saturated rings. The van der Waals surface area contributed by atoms with Crippen molar-refractivity contribution in [2.75, 3.05) is 6.54 Å². The van der Waals surface area contributed by atoms with Crippen LogP contribution in [0.2, 0.25) is 0 Å². The Bertz CT molecular complexity index is 412. The van der Waals surface area contributed by atoms with Crippen LogP contribution in [0, 0.1) is 0 Å². The van der Waals surface area contributed by atoms with Crippen LogP contribution in [0.1, 0.15) is 22.8 Å². The Hall–Kier alpha value is -1.48. The van der Waals surface area contributed by atoms with Crippen molar-refractivity contribution in [3.8, 4) is 0 Å². The zero-order chi connectivity index (χ0) is 10.8. The van der Waals surface area contributed by atoms with Gasteiger partial charge in [0.2, 0.25) is 0 Å². The van der Waals surface area contributed by atoms with E-state index in [0.717, 1.165) is 5.56 Å². The van der Waals surface area contributed by atoms with Crippen LogP contribution in [-0.2, 0) is 11.2 Å². The first-order valence-electron chi connectivity index (χ1n) is 5.12. The zero-order valence-electron chi connectivity index (χ0n) is 8.62. The molecule has 0 saturated carbocycles. The number of carbonyl (C=O) groups excluding carboxylic acids is 2. The quantitative estimate of drug-likeness (QED) is 0.728. The first-order chi connectivity index (χ1) is 7.24. The summed E-state index contributed by atoms with van der Waals surface area (Å²) in [5, 5.41) is 2.93. The Kier molecular flexibility index (Phi) is 2.64. The SMILES string of the molecule is CCNC1C(=O)Cc2ccccc2C1=O. The molecule has 0 heterocycles. The van der Waals surface area contributed by atoms with Gasteiger partial charge in [0.25, 0.3) is 0 Å². The molecule has 1 aliphatic rings. The summed E-state index contributed by atoms with van der Waals surface area (Å²) in [4.78, 5) is 23.6. The summed E-state index contributed by atoms with van der Waals surface area (Å²) in [5.74, 6) is -0.121. The minimum absolute atomic E-state index is 0.0273. The Labute approximate surface area is 88.5 Å². The van der Waals surface area contributed by atoms with Crippen LogP contribution in [0.3, 0.4) is 0 Å². The molecular formula is C12H13NO2. The zero-order valence-corrected chi connectivity index (χ0v) is 8.62. The smallest absolute Gasteiger partial charge is 0.187 e. The van der Waals surface area contributed by atoms with E-state index in [1.54, 1.807) is 6.07 Å². The van der Waals surface area contributed by atoms with Crippen molar-refractivity contribution in [1.29, 1.82) is 0 Å². The molecule has 2 rings (SSSR count). The highest BCUT2D eigenvalue weighted by Gasteiger charge is 2.32. The molecule has 0 bridgehead atoms. The topological polar surface area (TPSA) is 46.2 Å². The molecule has 15 heavy (non-hydrogen) atoms. The maximum absolute atomic E-state index is 11.9. The fourth-order valence-corrected chi connectivity index (χ4v) is 1.92. The third kappa shape index (κ3) is 1.70. The van der Waals surface area contributed by atoms with Gasteiger partial charge in [-0.15, -0.1) is 0 Å². The monoisotopic (exact) mass is 203 g/mol.